The molecule has 0 aliphatic rings. The number of hydrogen-bond acceptors (Lipinski definition) is 4. The van der Waals surface area contributed by atoms with Crippen molar-refractivity contribution in [1.82, 2.24) is 9.97 Å². The first-order valence-corrected chi connectivity index (χ1v) is 6.61. The van der Waals surface area contributed by atoms with Gasteiger partial charge in [-0.3, -0.25) is 0 Å². The Morgan fingerprint density at radius 2 is 1.90 bits per heavy atom. The van der Waals surface area contributed by atoms with E-state index in [1.165, 1.54) is 6.07 Å². The molecule has 0 bridgehead atoms. The Morgan fingerprint density at radius 1 is 1.29 bits per heavy atom. The van der Waals surface area contributed by atoms with Crippen molar-refractivity contribution in [3.63, 3.8) is 0 Å². The standard InChI is InChI=1S/C14H13ClF2N2O2/c1-3-21-14(20)10-7(2)18-13(19-12(10)15)11-8(16)5-4-6-9(11)17/h4-6,14,20H,3H2,1-2H3. The Hall–Kier alpha value is -1.63. The van der Waals surface area contributed by atoms with Crippen molar-refractivity contribution in [2.75, 3.05) is 6.61 Å². The summed E-state index contributed by atoms with van der Waals surface area (Å²) in [6.45, 7) is 3.52. The number of hydrogen-bond donors (Lipinski definition) is 1. The molecule has 0 saturated carbocycles. The van der Waals surface area contributed by atoms with Gasteiger partial charge in [0, 0.05) is 6.61 Å². The van der Waals surface area contributed by atoms with Crippen LogP contribution in [0.5, 0.6) is 0 Å². The lowest BCUT2D eigenvalue weighted by molar-refractivity contribution is -0.0986. The number of aliphatic hydroxyl groups excluding tert-OH is 1. The number of rotatable bonds is 4. The molecule has 1 N–H and O–H groups in total. The minimum Gasteiger partial charge on any atom is -0.364 e. The molecule has 1 atom stereocenters. The maximum Gasteiger partial charge on any atom is 0.185 e. The third-order valence-corrected chi connectivity index (χ3v) is 3.14. The molecule has 1 heterocycles. The van der Waals surface area contributed by atoms with Crippen molar-refractivity contribution in [2.45, 2.75) is 20.1 Å². The molecule has 2 aromatic rings. The van der Waals surface area contributed by atoms with Crippen LogP contribution in [-0.2, 0) is 4.74 Å². The Labute approximate surface area is 125 Å². The van der Waals surface area contributed by atoms with Crippen molar-refractivity contribution >= 4 is 11.6 Å². The minimum absolute atomic E-state index is 0.110. The molecule has 2 rings (SSSR count). The molecule has 7 heteroatoms. The zero-order valence-electron chi connectivity index (χ0n) is 11.4. The molecule has 0 saturated heterocycles. The van der Waals surface area contributed by atoms with Gasteiger partial charge in [-0.05, 0) is 26.0 Å². The van der Waals surface area contributed by atoms with Gasteiger partial charge in [0.1, 0.15) is 16.8 Å². The third kappa shape index (κ3) is 3.18. The number of aliphatic hydroxyl groups is 1. The third-order valence-electron chi connectivity index (χ3n) is 2.85. The van der Waals surface area contributed by atoms with Crippen LogP contribution < -0.4 is 0 Å². The largest absolute Gasteiger partial charge is 0.364 e. The summed E-state index contributed by atoms with van der Waals surface area (Å²) in [7, 11) is 0. The van der Waals surface area contributed by atoms with Crippen LogP contribution in [0.4, 0.5) is 8.78 Å². The van der Waals surface area contributed by atoms with Crippen LogP contribution in [0.25, 0.3) is 11.4 Å². The molecule has 0 aliphatic carbocycles. The van der Waals surface area contributed by atoms with Crippen LogP contribution in [0.1, 0.15) is 24.5 Å². The van der Waals surface area contributed by atoms with Crippen molar-refractivity contribution in [3.8, 4) is 11.4 Å². The molecule has 0 aliphatic heterocycles. The summed E-state index contributed by atoms with van der Waals surface area (Å²) in [4.78, 5) is 7.88. The number of aromatic nitrogens is 2. The topological polar surface area (TPSA) is 55.2 Å². The van der Waals surface area contributed by atoms with E-state index in [2.05, 4.69) is 9.97 Å². The van der Waals surface area contributed by atoms with Gasteiger partial charge in [0.15, 0.2) is 12.1 Å². The molecule has 0 amide bonds. The summed E-state index contributed by atoms with van der Waals surface area (Å²) in [5, 5.41) is 9.71. The van der Waals surface area contributed by atoms with Crippen LogP contribution in [0, 0.1) is 18.6 Å². The minimum atomic E-state index is -1.29. The normalized spacial score (nSPS) is 12.5. The van der Waals surface area contributed by atoms with Gasteiger partial charge in [-0.25, -0.2) is 18.7 Å². The average Bonchev–Trinajstić information content (AvgIpc) is 2.38. The quantitative estimate of drug-likeness (QED) is 0.694. The number of ether oxygens (including phenoxy) is 1. The lowest BCUT2D eigenvalue weighted by atomic mass is 10.1. The second-order valence-electron chi connectivity index (χ2n) is 4.24. The molecular weight excluding hydrogens is 302 g/mol. The van der Waals surface area contributed by atoms with Crippen molar-refractivity contribution < 1.29 is 18.6 Å². The highest BCUT2D eigenvalue weighted by molar-refractivity contribution is 6.30. The van der Waals surface area contributed by atoms with Gasteiger partial charge in [-0.15, -0.1) is 0 Å². The Balaban J connectivity index is 2.55. The maximum atomic E-state index is 13.7. The van der Waals surface area contributed by atoms with Crippen LogP contribution in [-0.4, -0.2) is 21.7 Å². The first-order valence-electron chi connectivity index (χ1n) is 6.23. The van der Waals surface area contributed by atoms with Crippen LogP contribution in [0.2, 0.25) is 5.15 Å². The van der Waals surface area contributed by atoms with E-state index in [1.54, 1.807) is 13.8 Å². The zero-order valence-corrected chi connectivity index (χ0v) is 12.2. The molecule has 1 aromatic heterocycles. The fraction of sp³-hybridized carbons (Fsp3) is 0.286. The maximum absolute atomic E-state index is 13.7. The van der Waals surface area contributed by atoms with E-state index >= 15 is 0 Å². The van der Waals surface area contributed by atoms with E-state index in [4.69, 9.17) is 16.3 Å². The molecule has 0 fully saturated rings. The van der Waals surface area contributed by atoms with Gasteiger partial charge in [0.2, 0.25) is 0 Å². The Bertz CT molecular complexity index is 624. The Kier molecular flexibility index (Phi) is 4.82. The lowest BCUT2D eigenvalue weighted by Gasteiger charge is -2.15. The van der Waals surface area contributed by atoms with E-state index < -0.39 is 17.9 Å². The first kappa shape index (κ1) is 15.8. The number of benzene rings is 1. The lowest BCUT2D eigenvalue weighted by Crippen LogP contribution is -2.10. The molecule has 1 unspecified atom stereocenters. The number of halogens is 3. The fourth-order valence-electron chi connectivity index (χ4n) is 1.89. The van der Waals surface area contributed by atoms with Gasteiger partial charge >= 0.3 is 0 Å². The number of nitrogens with zero attached hydrogens (tertiary/aromatic N) is 2. The van der Waals surface area contributed by atoms with Gasteiger partial charge < -0.3 is 9.84 Å². The van der Waals surface area contributed by atoms with E-state index in [0.29, 0.717) is 0 Å². The second-order valence-corrected chi connectivity index (χ2v) is 4.60. The monoisotopic (exact) mass is 314 g/mol. The van der Waals surface area contributed by atoms with E-state index in [0.717, 1.165) is 12.1 Å². The highest BCUT2D eigenvalue weighted by atomic mass is 35.5. The molecule has 4 nitrogen and oxygen atoms in total. The van der Waals surface area contributed by atoms with Gasteiger partial charge in [0.25, 0.3) is 0 Å². The summed E-state index contributed by atoms with van der Waals surface area (Å²) < 4.78 is 32.5. The second kappa shape index (κ2) is 6.43. The molecule has 21 heavy (non-hydrogen) atoms. The molecule has 1 aromatic carbocycles. The van der Waals surface area contributed by atoms with Gasteiger partial charge in [-0.2, -0.15) is 0 Å². The Morgan fingerprint density at radius 3 is 2.43 bits per heavy atom. The smallest absolute Gasteiger partial charge is 0.185 e. The average molecular weight is 315 g/mol. The highest BCUT2D eigenvalue weighted by Crippen LogP contribution is 2.29. The molecule has 112 valence electrons. The summed E-state index contributed by atoms with van der Waals surface area (Å²) in [6, 6.07) is 3.46. The molecule has 0 spiro atoms. The number of aryl methyl sites for hydroxylation is 1. The first-order chi connectivity index (χ1) is 9.95. The highest BCUT2D eigenvalue weighted by Gasteiger charge is 2.21. The van der Waals surface area contributed by atoms with Crippen molar-refractivity contribution in [3.05, 3.63) is 46.2 Å². The predicted octanol–water partition coefficient (Wildman–Crippen LogP) is 3.41. The van der Waals surface area contributed by atoms with Crippen molar-refractivity contribution in [1.29, 1.82) is 0 Å². The summed E-state index contributed by atoms with van der Waals surface area (Å²) >= 11 is 5.98. The molecular formula is C14H13ClF2N2O2. The predicted molar refractivity (Wildman–Crippen MR) is 73.7 cm³/mol. The SMILES string of the molecule is CCOC(O)c1c(C)nc(-c2c(F)cccc2F)nc1Cl. The summed E-state index contributed by atoms with van der Waals surface area (Å²) in [5.74, 6) is -1.76. The summed E-state index contributed by atoms with van der Waals surface area (Å²) in [5.41, 5.74) is 0.104. The van der Waals surface area contributed by atoms with E-state index in [1.807, 2.05) is 0 Å². The van der Waals surface area contributed by atoms with E-state index in [-0.39, 0.29) is 34.4 Å². The van der Waals surface area contributed by atoms with Gasteiger partial charge in [-0.1, -0.05) is 17.7 Å². The van der Waals surface area contributed by atoms with Crippen LogP contribution in [0.3, 0.4) is 0 Å². The molecule has 0 radical (unpaired) electrons. The fourth-order valence-corrected chi connectivity index (χ4v) is 2.20. The van der Waals surface area contributed by atoms with Crippen molar-refractivity contribution in [2.24, 2.45) is 0 Å². The van der Waals surface area contributed by atoms with Crippen LogP contribution in [0.15, 0.2) is 18.2 Å². The van der Waals surface area contributed by atoms with E-state index in [9.17, 15) is 13.9 Å². The van der Waals surface area contributed by atoms with Crippen LogP contribution >= 0.6 is 11.6 Å². The zero-order chi connectivity index (χ0) is 15.6. The van der Waals surface area contributed by atoms with Gasteiger partial charge in [0.05, 0.1) is 16.8 Å². The summed E-state index contributed by atoms with van der Waals surface area (Å²) in [6.07, 6.45) is -1.29.